The normalized spacial score (nSPS) is 10.8. The van der Waals surface area contributed by atoms with Crippen LogP contribution in [0.25, 0.3) is 11.1 Å². The Morgan fingerprint density at radius 2 is 1.84 bits per heavy atom. The van der Waals surface area contributed by atoms with Crippen LogP contribution in [0.1, 0.15) is 44.8 Å². The van der Waals surface area contributed by atoms with Crippen LogP contribution in [0.4, 0.5) is 5.82 Å². The third-order valence-electron chi connectivity index (χ3n) is 3.27. The van der Waals surface area contributed by atoms with Crippen molar-refractivity contribution in [1.82, 2.24) is 10.1 Å². The van der Waals surface area contributed by atoms with Gasteiger partial charge in [-0.05, 0) is 24.1 Å². The second kappa shape index (κ2) is 6.92. The SMILES string of the molecule is CCCCCCCc1onc(N)c1-c1ccncc1. The van der Waals surface area contributed by atoms with Gasteiger partial charge in [0.1, 0.15) is 5.76 Å². The van der Waals surface area contributed by atoms with E-state index in [4.69, 9.17) is 10.3 Å². The van der Waals surface area contributed by atoms with E-state index in [1.54, 1.807) is 12.4 Å². The lowest BCUT2D eigenvalue weighted by molar-refractivity contribution is 0.381. The molecule has 2 rings (SSSR count). The lowest BCUT2D eigenvalue weighted by Crippen LogP contribution is -1.91. The molecular formula is C15H21N3O. The largest absolute Gasteiger partial charge is 0.380 e. The van der Waals surface area contributed by atoms with Crippen molar-refractivity contribution >= 4 is 5.82 Å². The number of nitrogens with two attached hydrogens (primary N) is 1. The lowest BCUT2D eigenvalue weighted by Gasteiger charge is -2.02. The molecule has 102 valence electrons. The van der Waals surface area contributed by atoms with Crippen LogP contribution < -0.4 is 5.73 Å². The monoisotopic (exact) mass is 259 g/mol. The number of aromatic nitrogens is 2. The minimum atomic E-state index is 0.467. The summed E-state index contributed by atoms with van der Waals surface area (Å²) in [7, 11) is 0. The van der Waals surface area contributed by atoms with E-state index in [-0.39, 0.29) is 0 Å². The molecular weight excluding hydrogens is 238 g/mol. The first-order valence-electron chi connectivity index (χ1n) is 6.97. The van der Waals surface area contributed by atoms with Crippen molar-refractivity contribution in [1.29, 1.82) is 0 Å². The molecule has 2 aromatic rings. The van der Waals surface area contributed by atoms with E-state index in [9.17, 15) is 0 Å². The fourth-order valence-corrected chi connectivity index (χ4v) is 2.23. The fraction of sp³-hybridized carbons (Fsp3) is 0.467. The quantitative estimate of drug-likeness (QED) is 0.767. The van der Waals surface area contributed by atoms with E-state index in [1.807, 2.05) is 12.1 Å². The van der Waals surface area contributed by atoms with E-state index in [1.165, 1.54) is 25.7 Å². The van der Waals surface area contributed by atoms with Crippen molar-refractivity contribution in [2.24, 2.45) is 0 Å². The Labute approximate surface area is 114 Å². The van der Waals surface area contributed by atoms with Crippen LogP contribution in [-0.4, -0.2) is 10.1 Å². The van der Waals surface area contributed by atoms with Crippen molar-refractivity contribution in [2.45, 2.75) is 45.4 Å². The third kappa shape index (κ3) is 3.56. The maximum atomic E-state index is 5.90. The molecule has 0 amide bonds. The highest BCUT2D eigenvalue weighted by Crippen LogP contribution is 2.30. The molecule has 0 unspecified atom stereocenters. The van der Waals surface area contributed by atoms with E-state index in [0.29, 0.717) is 5.82 Å². The van der Waals surface area contributed by atoms with Crippen molar-refractivity contribution in [2.75, 3.05) is 5.73 Å². The Hall–Kier alpha value is -1.84. The number of anilines is 1. The molecule has 2 heterocycles. The first-order valence-corrected chi connectivity index (χ1v) is 6.97. The topological polar surface area (TPSA) is 64.9 Å². The van der Waals surface area contributed by atoms with Gasteiger partial charge in [-0.25, -0.2) is 0 Å². The molecule has 19 heavy (non-hydrogen) atoms. The summed E-state index contributed by atoms with van der Waals surface area (Å²) >= 11 is 0. The van der Waals surface area contributed by atoms with Gasteiger partial charge in [0, 0.05) is 18.8 Å². The molecule has 0 atom stereocenters. The Kier molecular flexibility index (Phi) is 4.95. The van der Waals surface area contributed by atoms with Crippen molar-refractivity contribution < 1.29 is 4.52 Å². The molecule has 0 aliphatic heterocycles. The molecule has 0 aliphatic rings. The Morgan fingerprint density at radius 3 is 2.58 bits per heavy atom. The zero-order valence-corrected chi connectivity index (χ0v) is 11.4. The van der Waals surface area contributed by atoms with Gasteiger partial charge in [-0.15, -0.1) is 0 Å². The molecule has 0 fully saturated rings. The van der Waals surface area contributed by atoms with E-state index < -0.39 is 0 Å². The highest BCUT2D eigenvalue weighted by atomic mass is 16.5. The molecule has 0 radical (unpaired) electrons. The molecule has 0 aromatic carbocycles. The van der Waals surface area contributed by atoms with Crippen LogP contribution in [0.5, 0.6) is 0 Å². The summed E-state index contributed by atoms with van der Waals surface area (Å²) in [5.41, 5.74) is 7.85. The van der Waals surface area contributed by atoms with E-state index in [2.05, 4.69) is 17.1 Å². The highest BCUT2D eigenvalue weighted by Gasteiger charge is 2.15. The van der Waals surface area contributed by atoms with Gasteiger partial charge >= 0.3 is 0 Å². The zero-order valence-electron chi connectivity index (χ0n) is 11.4. The maximum absolute atomic E-state index is 5.90. The lowest BCUT2D eigenvalue weighted by atomic mass is 10.0. The number of unbranched alkanes of at least 4 members (excludes halogenated alkanes) is 4. The van der Waals surface area contributed by atoms with Gasteiger partial charge in [-0.2, -0.15) is 0 Å². The smallest absolute Gasteiger partial charge is 0.175 e. The predicted octanol–water partition coefficient (Wildman–Crippen LogP) is 3.83. The third-order valence-corrected chi connectivity index (χ3v) is 3.27. The van der Waals surface area contributed by atoms with Crippen molar-refractivity contribution in [3.05, 3.63) is 30.3 Å². The number of pyridine rings is 1. The molecule has 2 N–H and O–H groups in total. The number of nitrogen functional groups attached to an aromatic ring is 1. The van der Waals surface area contributed by atoms with Crippen LogP contribution in [0.2, 0.25) is 0 Å². The zero-order chi connectivity index (χ0) is 13.5. The van der Waals surface area contributed by atoms with Crippen LogP contribution in [0, 0.1) is 0 Å². The Morgan fingerprint density at radius 1 is 1.11 bits per heavy atom. The average molecular weight is 259 g/mol. The minimum absolute atomic E-state index is 0.467. The summed E-state index contributed by atoms with van der Waals surface area (Å²) in [6.07, 6.45) is 10.6. The van der Waals surface area contributed by atoms with Gasteiger partial charge in [-0.1, -0.05) is 37.8 Å². The van der Waals surface area contributed by atoms with Crippen molar-refractivity contribution in [3.63, 3.8) is 0 Å². The van der Waals surface area contributed by atoms with Crippen molar-refractivity contribution in [3.8, 4) is 11.1 Å². The molecule has 0 aliphatic carbocycles. The van der Waals surface area contributed by atoms with E-state index >= 15 is 0 Å². The van der Waals surface area contributed by atoms with Gasteiger partial charge in [0.05, 0.1) is 5.56 Å². The molecule has 4 heteroatoms. The van der Waals surface area contributed by atoms with Gasteiger partial charge in [-0.3, -0.25) is 4.98 Å². The molecule has 0 bridgehead atoms. The molecule has 4 nitrogen and oxygen atoms in total. The molecule has 2 aromatic heterocycles. The fourth-order valence-electron chi connectivity index (χ4n) is 2.23. The second-order valence-electron chi connectivity index (χ2n) is 4.77. The summed E-state index contributed by atoms with van der Waals surface area (Å²) < 4.78 is 5.36. The maximum Gasteiger partial charge on any atom is 0.175 e. The predicted molar refractivity (Wildman–Crippen MR) is 76.6 cm³/mol. The van der Waals surface area contributed by atoms with Crippen LogP contribution in [0.3, 0.4) is 0 Å². The van der Waals surface area contributed by atoms with E-state index in [0.717, 1.165) is 29.7 Å². The summed E-state index contributed by atoms with van der Waals surface area (Å²) in [4.78, 5) is 4.02. The number of nitrogens with zero attached hydrogens (tertiary/aromatic N) is 2. The first kappa shape index (κ1) is 13.6. The number of hydrogen-bond donors (Lipinski definition) is 1. The standard InChI is InChI=1S/C15H21N3O/c1-2-3-4-5-6-7-13-14(15(16)18-19-13)12-8-10-17-11-9-12/h8-11H,2-7H2,1H3,(H2,16,18). The Balaban J connectivity index is 2.02. The molecule has 0 spiro atoms. The summed E-state index contributed by atoms with van der Waals surface area (Å²) in [6.45, 7) is 2.22. The summed E-state index contributed by atoms with van der Waals surface area (Å²) in [6, 6.07) is 3.87. The van der Waals surface area contributed by atoms with Gasteiger partial charge in [0.25, 0.3) is 0 Å². The minimum Gasteiger partial charge on any atom is -0.380 e. The summed E-state index contributed by atoms with van der Waals surface area (Å²) in [5, 5.41) is 3.89. The molecule has 0 saturated heterocycles. The number of rotatable bonds is 7. The molecule has 0 saturated carbocycles. The first-order chi connectivity index (χ1) is 9.33. The highest BCUT2D eigenvalue weighted by molar-refractivity contribution is 5.75. The van der Waals surface area contributed by atoms with Crippen LogP contribution in [-0.2, 0) is 6.42 Å². The van der Waals surface area contributed by atoms with Crippen LogP contribution in [0.15, 0.2) is 29.0 Å². The van der Waals surface area contributed by atoms with Crippen LogP contribution >= 0.6 is 0 Å². The number of hydrogen-bond acceptors (Lipinski definition) is 4. The van der Waals surface area contributed by atoms with Gasteiger partial charge in [0.15, 0.2) is 5.82 Å². The van der Waals surface area contributed by atoms with Gasteiger partial charge < -0.3 is 10.3 Å². The second-order valence-corrected chi connectivity index (χ2v) is 4.77. The van der Waals surface area contributed by atoms with Gasteiger partial charge in [0.2, 0.25) is 0 Å². The number of aryl methyl sites for hydroxylation is 1. The Bertz CT molecular complexity index is 493. The average Bonchev–Trinajstić information content (AvgIpc) is 2.81. The summed E-state index contributed by atoms with van der Waals surface area (Å²) in [5.74, 6) is 1.36.